The number of hydrogen-bond acceptors (Lipinski definition) is 5. The van der Waals surface area contributed by atoms with Crippen molar-refractivity contribution in [1.29, 1.82) is 0 Å². The van der Waals surface area contributed by atoms with Crippen LogP contribution in [0.25, 0.3) is 10.9 Å². The minimum atomic E-state index is -0.942. The van der Waals surface area contributed by atoms with Crippen LogP contribution in [0.3, 0.4) is 0 Å². The Kier molecular flexibility index (Phi) is 6.35. The number of anilines is 1. The SMILES string of the molecule is COC(=O)c1ccc(C2c3[nH]c4ccccc4c3CC(C(=O)OC)N2C(=O)Nc2ccc(F)cc2)cc1. The van der Waals surface area contributed by atoms with Crippen molar-refractivity contribution < 1.29 is 28.2 Å². The van der Waals surface area contributed by atoms with Gasteiger partial charge in [-0.05, 0) is 53.6 Å². The average molecular weight is 502 g/mol. The number of aromatic nitrogens is 1. The zero-order chi connectivity index (χ0) is 26.1. The van der Waals surface area contributed by atoms with E-state index < -0.39 is 35.9 Å². The fraction of sp³-hybridized carbons (Fsp3) is 0.179. The molecule has 4 aromatic rings. The molecule has 2 unspecified atom stereocenters. The van der Waals surface area contributed by atoms with Gasteiger partial charge in [-0.3, -0.25) is 4.90 Å². The van der Waals surface area contributed by atoms with Gasteiger partial charge in [-0.1, -0.05) is 30.3 Å². The summed E-state index contributed by atoms with van der Waals surface area (Å²) >= 11 is 0. The molecule has 0 fully saturated rings. The summed E-state index contributed by atoms with van der Waals surface area (Å²) in [5, 5.41) is 3.72. The summed E-state index contributed by atoms with van der Waals surface area (Å²) in [5.74, 6) is -1.49. The van der Waals surface area contributed by atoms with Crippen molar-refractivity contribution in [2.24, 2.45) is 0 Å². The van der Waals surface area contributed by atoms with Gasteiger partial charge in [0.2, 0.25) is 0 Å². The summed E-state index contributed by atoms with van der Waals surface area (Å²) < 4.78 is 23.4. The van der Waals surface area contributed by atoms with Gasteiger partial charge in [0.15, 0.2) is 0 Å². The van der Waals surface area contributed by atoms with Crippen LogP contribution in [0.5, 0.6) is 0 Å². The van der Waals surface area contributed by atoms with Crippen LogP contribution >= 0.6 is 0 Å². The topological polar surface area (TPSA) is 101 Å². The van der Waals surface area contributed by atoms with Gasteiger partial charge in [-0.15, -0.1) is 0 Å². The molecule has 1 aliphatic heterocycles. The summed E-state index contributed by atoms with van der Waals surface area (Å²) in [4.78, 5) is 43.6. The smallest absolute Gasteiger partial charge is 0.337 e. The number of fused-ring (bicyclic) bond motifs is 3. The maximum Gasteiger partial charge on any atom is 0.337 e. The highest BCUT2D eigenvalue weighted by Gasteiger charge is 2.44. The van der Waals surface area contributed by atoms with E-state index in [1.54, 1.807) is 24.3 Å². The molecule has 188 valence electrons. The molecule has 2 atom stereocenters. The second-order valence-electron chi connectivity index (χ2n) is 8.67. The molecular weight excluding hydrogens is 477 g/mol. The van der Waals surface area contributed by atoms with E-state index in [0.717, 1.165) is 22.2 Å². The first kappa shape index (κ1) is 24.1. The zero-order valence-electron chi connectivity index (χ0n) is 20.2. The number of carbonyl (C=O) groups is 3. The van der Waals surface area contributed by atoms with Gasteiger partial charge in [0, 0.05) is 28.7 Å². The summed E-state index contributed by atoms with van der Waals surface area (Å²) in [6.07, 6.45) is 0.236. The van der Waals surface area contributed by atoms with Crippen LogP contribution in [0.2, 0.25) is 0 Å². The fourth-order valence-corrected chi connectivity index (χ4v) is 4.84. The van der Waals surface area contributed by atoms with Crippen molar-refractivity contribution in [3.8, 4) is 0 Å². The van der Waals surface area contributed by atoms with Crippen molar-refractivity contribution in [3.05, 3.63) is 101 Å². The zero-order valence-corrected chi connectivity index (χ0v) is 20.2. The number of halogens is 1. The third-order valence-electron chi connectivity index (χ3n) is 6.58. The lowest BCUT2D eigenvalue weighted by atomic mass is 9.88. The molecule has 2 amide bonds. The number of ether oxygens (including phenoxy) is 2. The van der Waals surface area contributed by atoms with Crippen LogP contribution in [-0.4, -0.2) is 48.1 Å². The normalized spacial score (nSPS) is 16.7. The lowest BCUT2D eigenvalue weighted by Crippen LogP contribution is -2.53. The first-order valence-corrected chi connectivity index (χ1v) is 11.6. The summed E-state index contributed by atoms with van der Waals surface area (Å²) in [7, 11) is 2.58. The predicted molar refractivity (Wildman–Crippen MR) is 135 cm³/mol. The van der Waals surface area contributed by atoms with E-state index in [2.05, 4.69) is 10.3 Å². The Morgan fingerprint density at radius 2 is 1.65 bits per heavy atom. The standard InChI is InChI=1S/C28H24FN3O5/c1-36-26(33)17-9-7-16(8-10-17)25-24-21(20-5-3-4-6-22(20)31-24)15-23(27(34)37-2)32(25)28(35)30-19-13-11-18(29)12-14-19/h3-14,23,25,31H,15H2,1-2H3,(H,30,35). The molecule has 9 heteroatoms. The minimum absolute atomic E-state index is 0.236. The quantitative estimate of drug-likeness (QED) is 0.391. The van der Waals surface area contributed by atoms with Crippen molar-refractivity contribution in [3.63, 3.8) is 0 Å². The average Bonchev–Trinajstić information content (AvgIpc) is 3.30. The van der Waals surface area contributed by atoms with E-state index in [9.17, 15) is 18.8 Å². The number of rotatable bonds is 4. The van der Waals surface area contributed by atoms with E-state index in [1.165, 1.54) is 43.4 Å². The molecule has 0 bridgehead atoms. The number of hydrogen-bond donors (Lipinski definition) is 2. The molecule has 0 spiro atoms. The number of nitrogens with one attached hydrogen (secondary N) is 2. The van der Waals surface area contributed by atoms with Crippen LogP contribution in [0.4, 0.5) is 14.9 Å². The van der Waals surface area contributed by atoms with Crippen LogP contribution < -0.4 is 5.32 Å². The Morgan fingerprint density at radius 3 is 2.32 bits per heavy atom. The number of carbonyl (C=O) groups excluding carboxylic acids is 3. The highest BCUT2D eigenvalue weighted by atomic mass is 19.1. The largest absolute Gasteiger partial charge is 0.467 e. The van der Waals surface area contributed by atoms with Crippen molar-refractivity contribution in [2.75, 3.05) is 19.5 Å². The number of amides is 2. The number of esters is 2. The molecule has 2 N–H and O–H groups in total. The molecular formula is C28H24FN3O5. The van der Waals surface area contributed by atoms with Crippen LogP contribution in [0, 0.1) is 5.82 Å². The van der Waals surface area contributed by atoms with Crippen molar-refractivity contribution in [1.82, 2.24) is 9.88 Å². The number of benzene rings is 3. The maximum atomic E-state index is 13.7. The summed E-state index contributed by atoms with van der Waals surface area (Å²) in [6, 6.07) is 17.5. The number of nitrogens with zero attached hydrogens (tertiary/aromatic N) is 1. The first-order valence-electron chi connectivity index (χ1n) is 11.6. The second kappa shape index (κ2) is 9.77. The molecule has 0 aliphatic carbocycles. The number of H-pyrrole nitrogens is 1. The van der Waals surface area contributed by atoms with Gasteiger partial charge in [-0.2, -0.15) is 0 Å². The van der Waals surface area contributed by atoms with Gasteiger partial charge in [0.05, 0.1) is 19.8 Å². The number of aromatic amines is 1. The third kappa shape index (κ3) is 4.40. The lowest BCUT2D eigenvalue weighted by Gasteiger charge is -2.40. The van der Waals surface area contributed by atoms with Crippen LogP contribution in [0.1, 0.15) is 33.2 Å². The molecule has 3 aromatic carbocycles. The van der Waals surface area contributed by atoms with Crippen LogP contribution in [-0.2, 0) is 20.7 Å². The third-order valence-corrected chi connectivity index (χ3v) is 6.58. The molecule has 0 saturated heterocycles. The Bertz CT molecular complexity index is 1480. The highest BCUT2D eigenvalue weighted by Crippen LogP contribution is 2.41. The molecule has 2 heterocycles. The van der Waals surface area contributed by atoms with Crippen molar-refractivity contribution >= 4 is 34.6 Å². The number of urea groups is 1. The van der Waals surface area contributed by atoms with Gasteiger partial charge < -0.3 is 19.8 Å². The van der Waals surface area contributed by atoms with Gasteiger partial charge in [0.25, 0.3) is 0 Å². The summed E-state index contributed by atoms with van der Waals surface area (Å²) in [5.41, 5.74) is 3.92. The summed E-state index contributed by atoms with van der Waals surface area (Å²) in [6.45, 7) is 0. The Morgan fingerprint density at radius 1 is 0.946 bits per heavy atom. The molecule has 1 aromatic heterocycles. The van der Waals surface area contributed by atoms with E-state index >= 15 is 0 Å². The second-order valence-corrected chi connectivity index (χ2v) is 8.67. The maximum absolute atomic E-state index is 13.7. The van der Waals surface area contributed by atoms with E-state index in [0.29, 0.717) is 16.8 Å². The fourth-order valence-electron chi connectivity index (χ4n) is 4.84. The van der Waals surface area contributed by atoms with E-state index in [1.807, 2.05) is 24.3 Å². The minimum Gasteiger partial charge on any atom is -0.467 e. The molecule has 0 radical (unpaired) electrons. The first-order chi connectivity index (χ1) is 17.9. The molecule has 8 nitrogen and oxygen atoms in total. The Labute approximate surface area is 212 Å². The predicted octanol–water partition coefficient (Wildman–Crippen LogP) is 4.81. The number of methoxy groups -OCH3 is 2. The van der Waals surface area contributed by atoms with Gasteiger partial charge in [-0.25, -0.2) is 18.8 Å². The van der Waals surface area contributed by atoms with Gasteiger partial charge >= 0.3 is 18.0 Å². The molecule has 0 saturated carbocycles. The Balaban J connectivity index is 1.66. The Hall–Kier alpha value is -4.66. The number of para-hydroxylation sites is 1. The molecule has 1 aliphatic rings. The monoisotopic (exact) mass is 501 g/mol. The highest BCUT2D eigenvalue weighted by molar-refractivity contribution is 5.95. The van der Waals surface area contributed by atoms with E-state index in [-0.39, 0.29) is 6.42 Å². The van der Waals surface area contributed by atoms with Gasteiger partial charge in [0.1, 0.15) is 17.9 Å². The lowest BCUT2D eigenvalue weighted by molar-refractivity contribution is -0.146. The van der Waals surface area contributed by atoms with E-state index in [4.69, 9.17) is 9.47 Å². The van der Waals surface area contributed by atoms with Crippen molar-refractivity contribution in [2.45, 2.75) is 18.5 Å². The molecule has 37 heavy (non-hydrogen) atoms. The van der Waals surface area contributed by atoms with Crippen LogP contribution in [0.15, 0.2) is 72.8 Å². The molecule has 5 rings (SSSR count).